The van der Waals surface area contributed by atoms with E-state index in [1.807, 2.05) is 0 Å². The fraction of sp³-hybridized carbons (Fsp3) is 0.429. The number of amides is 1. The van der Waals surface area contributed by atoms with Crippen LogP contribution in [0.5, 0.6) is 0 Å². The zero-order chi connectivity index (χ0) is 14.7. The fourth-order valence-electron chi connectivity index (χ4n) is 2.31. The first-order valence-corrected chi connectivity index (χ1v) is 7.21. The summed E-state index contributed by atoms with van der Waals surface area (Å²) in [5, 5.41) is 8.89. The van der Waals surface area contributed by atoms with Crippen LogP contribution in [-0.4, -0.2) is 35.0 Å². The van der Waals surface area contributed by atoms with Gasteiger partial charge in [-0.3, -0.25) is 9.59 Å². The summed E-state index contributed by atoms with van der Waals surface area (Å²) in [4.78, 5) is 24.4. The van der Waals surface area contributed by atoms with E-state index in [9.17, 15) is 14.0 Å². The van der Waals surface area contributed by atoms with Gasteiger partial charge in [-0.25, -0.2) is 4.39 Å². The van der Waals surface area contributed by atoms with E-state index in [1.165, 1.54) is 6.07 Å². The van der Waals surface area contributed by atoms with E-state index in [2.05, 4.69) is 15.9 Å². The second-order valence-corrected chi connectivity index (χ2v) is 5.81. The summed E-state index contributed by atoms with van der Waals surface area (Å²) < 4.78 is 14.3. The van der Waals surface area contributed by atoms with E-state index in [1.54, 1.807) is 17.0 Å². The van der Waals surface area contributed by atoms with Crippen molar-refractivity contribution in [2.45, 2.75) is 19.3 Å². The number of carboxylic acid groups (broad SMARTS) is 1. The van der Waals surface area contributed by atoms with Gasteiger partial charge < -0.3 is 10.0 Å². The summed E-state index contributed by atoms with van der Waals surface area (Å²) in [7, 11) is 0. The Kier molecular flexibility index (Phi) is 4.75. The number of halogens is 2. The van der Waals surface area contributed by atoms with Crippen LogP contribution in [0.2, 0.25) is 0 Å². The summed E-state index contributed by atoms with van der Waals surface area (Å²) in [6.45, 7) is 0.732. The molecule has 0 saturated carbocycles. The monoisotopic (exact) mass is 343 g/mol. The van der Waals surface area contributed by atoms with Crippen molar-refractivity contribution in [3.05, 3.63) is 34.1 Å². The van der Waals surface area contributed by atoms with Gasteiger partial charge in [0, 0.05) is 24.0 Å². The SMILES string of the molecule is O=C(O)[C@@H]1CCN(C(=O)CCc2ccc(Br)cc2F)C1. The van der Waals surface area contributed by atoms with Gasteiger partial charge in [-0.05, 0) is 30.5 Å². The molecule has 0 radical (unpaired) electrons. The maximum Gasteiger partial charge on any atom is 0.308 e. The molecule has 1 aromatic rings. The smallest absolute Gasteiger partial charge is 0.308 e. The minimum Gasteiger partial charge on any atom is -0.481 e. The summed E-state index contributed by atoms with van der Waals surface area (Å²) in [5.41, 5.74) is 0.496. The highest BCUT2D eigenvalue weighted by molar-refractivity contribution is 9.10. The fourth-order valence-corrected chi connectivity index (χ4v) is 2.65. The van der Waals surface area contributed by atoms with Gasteiger partial charge in [-0.2, -0.15) is 0 Å². The van der Waals surface area contributed by atoms with Crippen LogP contribution in [0.3, 0.4) is 0 Å². The number of aliphatic carboxylic acids is 1. The highest BCUT2D eigenvalue weighted by Gasteiger charge is 2.30. The van der Waals surface area contributed by atoms with Gasteiger partial charge in [0.1, 0.15) is 5.82 Å². The summed E-state index contributed by atoms with van der Waals surface area (Å²) in [5.74, 6) is -1.78. The number of hydrogen-bond donors (Lipinski definition) is 1. The van der Waals surface area contributed by atoms with E-state index in [0.29, 0.717) is 29.4 Å². The number of nitrogens with zero attached hydrogens (tertiary/aromatic N) is 1. The minimum atomic E-state index is -0.862. The lowest BCUT2D eigenvalue weighted by atomic mass is 10.1. The number of benzene rings is 1. The molecule has 2 rings (SSSR count). The van der Waals surface area contributed by atoms with Crippen LogP contribution in [0.1, 0.15) is 18.4 Å². The lowest BCUT2D eigenvalue weighted by Crippen LogP contribution is -2.30. The zero-order valence-electron chi connectivity index (χ0n) is 10.8. The van der Waals surface area contributed by atoms with Crippen molar-refractivity contribution in [1.82, 2.24) is 4.90 Å². The molecule has 0 spiro atoms. The molecule has 1 atom stereocenters. The third-order valence-corrected chi connectivity index (χ3v) is 4.01. The molecule has 4 nitrogen and oxygen atoms in total. The first-order chi connectivity index (χ1) is 9.47. The zero-order valence-corrected chi connectivity index (χ0v) is 12.4. The lowest BCUT2D eigenvalue weighted by molar-refractivity contribution is -0.141. The van der Waals surface area contributed by atoms with Crippen LogP contribution >= 0.6 is 15.9 Å². The molecule has 108 valence electrons. The Morgan fingerprint density at radius 3 is 2.80 bits per heavy atom. The first kappa shape index (κ1) is 15.0. The van der Waals surface area contributed by atoms with E-state index < -0.39 is 11.9 Å². The molecule has 20 heavy (non-hydrogen) atoms. The van der Waals surface area contributed by atoms with Gasteiger partial charge in [0.05, 0.1) is 5.92 Å². The predicted octanol–water partition coefficient (Wildman–Crippen LogP) is 2.45. The van der Waals surface area contributed by atoms with Crippen molar-refractivity contribution in [1.29, 1.82) is 0 Å². The molecule has 1 heterocycles. The average molecular weight is 344 g/mol. The van der Waals surface area contributed by atoms with Crippen molar-refractivity contribution in [2.24, 2.45) is 5.92 Å². The third-order valence-electron chi connectivity index (χ3n) is 3.51. The molecule has 1 saturated heterocycles. The number of aryl methyl sites for hydroxylation is 1. The molecule has 1 N–H and O–H groups in total. The Morgan fingerprint density at radius 2 is 2.20 bits per heavy atom. The number of likely N-dealkylation sites (tertiary alicyclic amines) is 1. The number of carbonyl (C=O) groups is 2. The molecule has 0 bridgehead atoms. The minimum absolute atomic E-state index is 0.115. The molecule has 1 aromatic carbocycles. The van der Waals surface area contributed by atoms with Gasteiger partial charge in [0.25, 0.3) is 0 Å². The van der Waals surface area contributed by atoms with Gasteiger partial charge in [-0.15, -0.1) is 0 Å². The van der Waals surface area contributed by atoms with Crippen molar-refractivity contribution in [2.75, 3.05) is 13.1 Å². The topological polar surface area (TPSA) is 57.6 Å². The first-order valence-electron chi connectivity index (χ1n) is 6.42. The van der Waals surface area contributed by atoms with Crippen LogP contribution in [0, 0.1) is 11.7 Å². The van der Waals surface area contributed by atoms with Crippen LogP contribution in [-0.2, 0) is 16.0 Å². The number of carboxylic acids is 1. The van der Waals surface area contributed by atoms with Gasteiger partial charge in [0.15, 0.2) is 0 Å². The van der Waals surface area contributed by atoms with E-state index in [0.717, 1.165) is 0 Å². The third kappa shape index (κ3) is 3.56. The summed E-state index contributed by atoms with van der Waals surface area (Å²) >= 11 is 3.18. The summed E-state index contributed by atoms with van der Waals surface area (Å²) in [6.07, 6.45) is 1.02. The quantitative estimate of drug-likeness (QED) is 0.913. The summed E-state index contributed by atoms with van der Waals surface area (Å²) in [6, 6.07) is 4.76. The maximum atomic E-state index is 13.6. The molecule has 0 unspecified atom stereocenters. The average Bonchev–Trinajstić information content (AvgIpc) is 2.87. The van der Waals surface area contributed by atoms with Crippen molar-refractivity contribution in [3.63, 3.8) is 0 Å². The number of rotatable bonds is 4. The molecule has 0 aliphatic carbocycles. The Balaban J connectivity index is 1.88. The second kappa shape index (κ2) is 6.35. The molecule has 1 fully saturated rings. The highest BCUT2D eigenvalue weighted by atomic mass is 79.9. The Hall–Kier alpha value is -1.43. The Labute approximate surface area is 124 Å². The highest BCUT2D eigenvalue weighted by Crippen LogP contribution is 2.19. The molecule has 1 amide bonds. The molecule has 1 aliphatic rings. The molecular weight excluding hydrogens is 329 g/mol. The van der Waals surface area contributed by atoms with Crippen molar-refractivity contribution >= 4 is 27.8 Å². The van der Waals surface area contributed by atoms with Crippen LogP contribution < -0.4 is 0 Å². The van der Waals surface area contributed by atoms with Crippen LogP contribution in [0.15, 0.2) is 22.7 Å². The molecule has 1 aliphatic heterocycles. The van der Waals surface area contributed by atoms with Crippen molar-refractivity contribution < 1.29 is 19.1 Å². The van der Waals surface area contributed by atoms with Gasteiger partial charge in [0.2, 0.25) is 5.91 Å². The standard InChI is InChI=1S/C14H15BrFNO3/c15-11-3-1-9(12(16)7-11)2-4-13(18)17-6-5-10(8-17)14(19)20/h1,3,7,10H,2,4-6,8H2,(H,19,20)/t10-/m1/s1. The Bertz CT molecular complexity index is 535. The molecule has 0 aromatic heterocycles. The second-order valence-electron chi connectivity index (χ2n) is 4.90. The van der Waals surface area contributed by atoms with Gasteiger partial charge >= 0.3 is 5.97 Å². The van der Waals surface area contributed by atoms with E-state index in [4.69, 9.17) is 5.11 Å². The lowest BCUT2D eigenvalue weighted by Gasteiger charge is -2.15. The van der Waals surface area contributed by atoms with Crippen LogP contribution in [0.4, 0.5) is 4.39 Å². The van der Waals surface area contributed by atoms with Crippen LogP contribution in [0.25, 0.3) is 0 Å². The van der Waals surface area contributed by atoms with E-state index in [-0.39, 0.29) is 24.7 Å². The molecular formula is C14H15BrFNO3. The predicted molar refractivity (Wildman–Crippen MR) is 74.7 cm³/mol. The number of carbonyl (C=O) groups excluding carboxylic acids is 1. The molecule has 6 heteroatoms. The number of hydrogen-bond acceptors (Lipinski definition) is 2. The normalized spacial score (nSPS) is 18.3. The van der Waals surface area contributed by atoms with Gasteiger partial charge in [-0.1, -0.05) is 22.0 Å². The largest absolute Gasteiger partial charge is 0.481 e. The van der Waals surface area contributed by atoms with E-state index >= 15 is 0 Å². The van der Waals surface area contributed by atoms with Crippen molar-refractivity contribution in [3.8, 4) is 0 Å². The maximum absolute atomic E-state index is 13.6. The Morgan fingerprint density at radius 1 is 1.45 bits per heavy atom.